The van der Waals surface area contributed by atoms with Gasteiger partial charge in [-0.3, -0.25) is 53.0 Å². The van der Waals surface area contributed by atoms with Crippen molar-refractivity contribution >= 4 is 98.3 Å². The SMILES string of the molecule is C[C@@H](C(=O)N[C@H](C(=O)N1CC[C@@H]2[C@H]1[C@@H](C(=O)Nc1cccc3ccccc13)CN2C(=O)CCC(=O)OCc1ccccc1)C(C)(C)C)N(C)C(=O)OC(C)(C)C.C[C@@H](C(=O)N[C@H](C(=O)N1CC[C@@H]2[C@H]1[C@@H](C(=O)Nc1cccc3ccccc13)CN2C(=O)CN)C(C)(C)C)N(C)C(=O)OC(C)(C)C. The normalized spacial score (nSPS) is 19.9. The van der Waals surface area contributed by atoms with Gasteiger partial charge in [-0.2, -0.15) is 0 Å². The zero-order valence-electron chi connectivity index (χ0n) is 61.8. The lowest BCUT2D eigenvalue weighted by Gasteiger charge is -2.37. The summed E-state index contributed by atoms with van der Waals surface area (Å²) >= 11 is 0. The van der Waals surface area contributed by atoms with Crippen LogP contribution in [0.1, 0.15) is 128 Å². The highest BCUT2D eigenvalue weighted by Gasteiger charge is 2.57. The van der Waals surface area contributed by atoms with Gasteiger partial charge in [-0.1, -0.05) is 145 Å². The number of rotatable bonds is 18. The summed E-state index contributed by atoms with van der Waals surface area (Å²) in [6, 6.07) is 29.8. The van der Waals surface area contributed by atoms with Gasteiger partial charge >= 0.3 is 18.2 Å². The Morgan fingerprint density at radius 1 is 0.500 bits per heavy atom. The van der Waals surface area contributed by atoms with Gasteiger partial charge in [0.15, 0.2) is 0 Å². The van der Waals surface area contributed by atoms with Crippen molar-refractivity contribution in [3.8, 4) is 0 Å². The number of likely N-dealkylation sites (N-methyl/N-ethyl adjacent to an activating group) is 2. The Hall–Kier alpha value is -9.65. The molecule has 0 unspecified atom stereocenters. The number of anilines is 2. The van der Waals surface area contributed by atoms with Crippen molar-refractivity contribution in [2.24, 2.45) is 28.4 Å². The van der Waals surface area contributed by atoms with E-state index < -0.39 is 118 Å². The van der Waals surface area contributed by atoms with Gasteiger partial charge < -0.3 is 60.8 Å². The molecule has 25 heteroatoms. The van der Waals surface area contributed by atoms with Crippen LogP contribution in [-0.4, -0.2) is 201 Å². The second-order valence-electron chi connectivity index (χ2n) is 31.1. The molecule has 0 spiro atoms. The highest BCUT2D eigenvalue weighted by atomic mass is 16.6. The van der Waals surface area contributed by atoms with Crippen LogP contribution in [0.25, 0.3) is 21.5 Å². The Bertz CT molecular complexity index is 3920. The molecule has 5 aromatic carbocycles. The van der Waals surface area contributed by atoms with E-state index in [1.165, 1.54) is 23.9 Å². The molecular weight excluding hydrogens is 1300 g/mol. The second-order valence-corrected chi connectivity index (χ2v) is 31.1. The van der Waals surface area contributed by atoms with Crippen LogP contribution in [0.4, 0.5) is 21.0 Å². The lowest BCUT2D eigenvalue weighted by atomic mass is 9.85. The fourth-order valence-corrected chi connectivity index (χ4v) is 13.6. The van der Waals surface area contributed by atoms with E-state index >= 15 is 0 Å². The Kier molecular flexibility index (Phi) is 24.6. The molecule has 0 radical (unpaired) electrons. The van der Waals surface area contributed by atoms with Crippen molar-refractivity contribution in [2.75, 3.05) is 57.5 Å². The van der Waals surface area contributed by atoms with E-state index in [-0.39, 0.29) is 75.2 Å². The number of carbonyl (C=O) groups is 11. The summed E-state index contributed by atoms with van der Waals surface area (Å²) in [5.74, 6) is -5.12. The predicted molar refractivity (Wildman–Crippen MR) is 388 cm³/mol. The molecule has 0 bridgehead atoms. The third-order valence-electron chi connectivity index (χ3n) is 19.3. The molecule has 10 atom stereocenters. The molecule has 4 fully saturated rings. The fourth-order valence-electron chi connectivity index (χ4n) is 13.6. The standard InChI is InChI=1S/C43H55N5O8.C34H48N6O6/c1-27(46(8)41(54)56-43(5,6)7)38(51)45-37(42(2,3)4)40(53)47-24-23-33-36(47)31(39(52)44-32-20-14-18-29-17-12-13-19-30(29)32)25-48(33)34(49)21-22-35(50)55-26-28-15-10-9-11-16-28;1-20(38(8)32(45)46-34(5,6)7)29(42)37-28(33(2,3)4)31(44)39-17-16-25-27(39)23(19-40(25)26(41)18-35)30(43)36-24-15-11-13-21-12-9-10-14-22(21)24/h9-20,27,31,33,36-37H,21-26H2,1-8H3,(H,44,52)(H,45,51);9-15,20,23,25,27-28H,16-19,35H2,1-8H3,(H,36,43)(H,37,42)/t27-,31-,33+,36+,37+;20-,23-,25+,27+,28+/m00/s1. The highest BCUT2D eigenvalue weighted by Crippen LogP contribution is 2.41. The summed E-state index contributed by atoms with van der Waals surface area (Å²) in [5, 5.41) is 15.5. The molecule has 4 saturated heterocycles. The van der Waals surface area contributed by atoms with E-state index in [9.17, 15) is 52.7 Å². The van der Waals surface area contributed by atoms with Crippen LogP contribution in [0.15, 0.2) is 115 Å². The first kappa shape index (κ1) is 78.1. The number of benzene rings is 5. The van der Waals surface area contributed by atoms with Crippen molar-refractivity contribution in [3.05, 3.63) is 121 Å². The Morgan fingerprint density at radius 3 is 1.27 bits per heavy atom. The maximum Gasteiger partial charge on any atom is 0.410 e. The van der Waals surface area contributed by atoms with Crippen LogP contribution < -0.4 is 27.0 Å². The van der Waals surface area contributed by atoms with Gasteiger partial charge in [-0.15, -0.1) is 0 Å². The van der Waals surface area contributed by atoms with Crippen LogP contribution >= 0.6 is 0 Å². The van der Waals surface area contributed by atoms with Gasteiger partial charge in [0.2, 0.25) is 47.3 Å². The molecule has 4 aliphatic rings. The Morgan fingerprint density at radius 2 is 0.882 bits per heavy atom. The number of ether oxygens (including phenoxy) is 3. The van der Waals surface area contributed by atoms with Crippen molar-refractivity contribution in [1.29, 1.82) is 0 Å². The molecule has 9 rings (SSSR count). The van der Waals surface area contributed by atoms with Gasteiger partial charge in [0.25, 0.3) is 0 Å². The summed E-state index contributed by atoms with van der Waals surface area (Å²) in [6.45, 7) is 25.1. The van der Waals surface area contributed by atoms with Gasteiger partial charge in [0.05, 0.1) is 49.0 Å². The van der Waals surface area contributed by atoms with E-state index in [1.54, 1.807) is 75.0 Å². The third kappa shape index (κ3) is 18.7. The predicted octanol–water partition coefficient (Wildman–Crippen LogP) is 8.47. The number of nitrogens with one attached hydrogen (secondary N) is 4. The van der Waals surface area contributed by atoms with Crippen molar-refractivity contribution < 1.29 is 67.0 Å². The van der Waals surface area contributed by atoms with Crippen LogP contribution in [0.3, 0.4) is 0 Å². The topological polar surface area (TPSA) is 309 Å². The zero-order valence-corrected chi connectivity index (χ0v) is 61.8. The Balaban J connectivity index is 0.000000264. The smallest absolute Gasteiger partial charge is 0.410 e. The van der Waals surface area contributed by atoms with Crippen LogP contribution in [-0.2, 0) is 64.0 Å². The molecule has 4 heterocycles. The number of nitrogens with zero attached hydrogens (tertiary/aromatic N) is 6. The number of amides is 10. The van der Waals surface area contributed by atoms with Gasteiger partial charge in [-0.25, -0.2) is 9.59 Å². The minimum atomic E-state index is -1.03. The first-order chi connectivity index (χ1) is 47.8. The fraction of sp³-hybridized carbons (Fsp3) is 0.519. The van der Waals surface area contributed by atoms with Gasteiger partial charge in [0.1, 0.15) is 42.0 Å². The van der Waals surface area contributed by atoms with E-state index in [4.69, 9.17) is 19.9 Å². The minimum Gasteiger partial charge on any atom is -0.461 e. The van der Waals surface area contributed by atoms with Crippen LogP contribution in [0, 0.1) is 22.7 Å². The molecule has 25 nitrogen and oxygen atoms in total. The average Bonchev–Trinajstić information content (AvgIpc) is 1.60. The van der Waals surface area contributed by atoms with Gasteiger partial charge in [-0.05, 0) is 108 Å². The zero-order chi connectivity index (χ0) is 75.1. The summed E-state index contributed by atoms with van der Waals surface area (Å²) in [5.41, 5.74) is 4.82. The molecule has 550 valence electrons. The average molecular weight is 1410 g/mol. The van der Waals surface area contributed by atoms with E-state index in [0.29, 0.717) is 30.8 Å². The number of likely N-dealkylation sites (tertiary alicyclic amines) is 4. The first-order valence-corrected chi connectivity index (χ1v) is 35.0. The number of hydrogen-bond donors (Lipinski definition) is 5. The summed E-state index contributed by atoms with van der Waals surface area (Å²) in [7, 11) is 2.93. The van der Waals surface area contributed by atoms with Crippen LogP contribution in [0.2, 0.25) is 0 Å². The monoisotopic (exact) mass is 1410 g/mol. The maximum absolute atomic E-state index is 14.7. The van der Waals surface area contributed by atoms with E-state index in [2.05, 4.69) is 21.3 Å². The molecule has 10 amide bonds. The number of fused-ring (bicyclic) bond motifs is 4. The lowest BCUT2D eigenvalue weighted by molar-refractivity contribution is -0.147. The minimum absolute atomic E-state index is 0.0396. The summed E-state index contributed by atoms with van der Waals surface area (Å²) in [4.78, 5) is 158. The van der Waals surface area contributed by atoms with E-state index in [1.807, 2.05) is 157 Å². The summed E-state index contributed by atoms with van der Waals surface area (Å²) in [6.07, 6.45) is -0.715. The van der Waals surface area contributed by atoms with Gasteiger partial charge in [0, 0.05) is 68.8 Å². The highest BCUT2D eigenvalue weighted by molar-refractivity contribution is 6.05. The molecule has 5 aromatic rings. The first-order valence-electron chi connectivity index (χ1n) is 35.0. The summed E-state index contributed by atoms with van der Waals surface area (Å²) < 4.78 is 16.3. The van der Waals surface area contributed by atoms with E-state index in [0.717, 1.165) is 27.1 Å². The second kappa shape index (κ2) is 32.1. The van der Waals surface area contributed by atoms with Crippen molar-refractivity contribution in [3.63, 3.8) is 0 Å². The molecule has 0 aliphatic carbocycles. The van der Waals surface area contributed by atoms with Crippen LogP contribution in [0.5, 0.6) is 0 Å². The maximum atomic E-state index is 14.7. The molecule has 6 N–H and O–H groups in total. The molecule has 0 aromatic heterocycles. The Labute approximate surface area is 598 Å². The number of esters is 1. The number of hydrogen-bond acceptors (Lipinski definition) is 15. The molecule has 0 saturated carbocycles. The largest absolute Gasteiger partial charge is 0.461 e. The molecule has 102 heavy (non-hydrogen) atoms. The quantitative estimate of drug-likeness (QED) is 0.0406. The van der Waals surface area contributed by atoms with Crippen molar-refractivity contribution in [2.45, 2.75) is 189 Å². The molecular formula is C77H103N11O14. The number of nitrogens with two attached hydrogens (primary N) is 1. The number of carbonyl (C=O) groups excluding carboxylic acids is 11. The lowest BCUT2D eigenvalue weighted by Crippen LogP contribution is -2.60. The third-order valence-corrected chi connectivity index (χ3v) is 19.3. The van der Waals surface area contributed by atoms with Crippen molar-refractivity contribution in [1.82, 2.24) is 40.0 Å². The molecule has 4 aliphatic heterocycles.